The molecule has 1 aliphatic rings. The lowest BCUT2D eigenvalue weighted by Crippen LogP contribution is -2.65. The van der Waals surface area contributed by atoms with Crippen LogP contribution in [0.25, 0.3) is 0 Å². The van der Waals surface area contributed by atoms with Crippen molar-refractivity contribution in [2.45, 2.75) is 25.8 Å². The molecule has 0 fully saturated rings. The Morgan fingerprint density at radius 1 is 0.717 bits per heavy atom. The number of anilines is 3. The van der Waals surface area contributed by atoms with E-state index in [-0.39, 0.29) is 17.7 Å². The Labute approximate surface area is 265 Å². The summed E-state index contributed by atoms with van der Waals surface area (Å²) in [5.74, 6) is -1.77. The predicted molar refractivity (Wildman–Crippen MR) is 167 cm³/mol. The highest BCUT2D eigenvalue weighted by atomic mass is 16.7. The van der Waals surface area contributed by atoms with E-state index in [2.05, 4.69) is 21.3 Å². The number of fused-ring (bicyclic) bond motifs is 1. The van der Waals surface area contributed by atoms with Crippen LogP contribution >= 0.6 is 0 Å². The molecule has 0 atom stereocenters. The number of para-hydroxylation sites is 1. The van der Waals surface area contributed by atoms with Crippen molar-refractivity contribution >= 4 is 47.0 Å². The number of hydrogen-bond acceptors (Lipinski definition) is 9. The second kappa shape index (κ2) is 15.0. The van der Waals surface area contributed by atoms with E-state index in [1.165, 1.54) is 67.7 Å². The Kier molecular flexibility index (Phi) is 10.9. The average Bonchev–Trinajstić information content (AvgIpc) is 3.27. The summed E-state index contributed by atoms with van der Waals surface area (Å²) in [4.78, 5) is 66.2. The van der Waals surface area contributed by atoms with Crippen LogP contribution in [0.15, 0.2) is 72.8 Å². The van der Waals surface area contributed by atoms with Gasteiger partial charge in [-0.25, -0.2) is 19.2 Å². The zero-order valence-corrected chi connectivity index (χ0v) is 25.7. The fraction of sp³-hybridized carbons (Fsp3) is 0.281. The number of urea groups is 2. The van der Waals surface area contributed by atoms with Crippen LogP contribution in [-0.2, 0) is 29.4 Å². The third-order valence-electron chi connectivity index (χ3n) is 6.93. The van der Waals surface area contributed by atoms with Gasteiger partial charge in [-0.15, -0.1) is 0 Å². The normalized spacial score (nSPS) is 13.1. The van der Waals surface area contributed by atoms with Crippen LogP contribution in [-0.4, -0.2) is 70.2 Å². The second-order valence-corrected chi connectivity index (χ2v) is 9.82. The van der Waals surface area contributed by atoms with Crippen molar-refractivity contribution < 1.29 is 42.9 Å². The van der Waals surface area contributed by atoms with Gasteiger partial charge in [-0.05, 0) is 68.4 Å². The first-order valence-corrected chi connectivity index (χ1v) is 14.4. The van der Waals surface area contributed by atoms with Crippen LogP contribution < -0.4 is 26.2 Å². The molecular weight excluding hydrogens is 598 g/mol. The fourth-order valence-electron chi connectivity index (χ4n) is 4.86. The lowest BCUT2D eigenvalue weighted by atomic mass is 10.0. The van der Waals surface area contributed by atoms with Crippen molar-refractivity contribution in [2.24, 2.45) is 0 Å². The second-order valence-electron chi connectivity index (χ2n) is 9.82. The Morgan fingerprint density at radius 2 is 1.17 bits per heavy atom. The highest BCUT2D eigenvalue weighted by molar-refractivity contribution is 6.12. The van der Waals surface area contributed by atoms with Gasteiger partial charge in [-0.3, -0.25) is 4.79 Å². The smallest absolute Gasteiger partial charge is 0.337 e. The van der Waals surface area contributed by atoms with Gasteiger partial charge in [0.1, 0.15) is 0 Å². The van der Waals surface area contributed by atoms with Crippen molar-refractivity contribution in [1.82, 2.24) is 10.6 Å². The van der Waals surface area contributed by atoms with E-state index in [1.807, 2.05) is 0 Å². The molecule has 1 heterocycles. The maximum Gasteiger partial charge on any atom is 0.337 e. The monoisotopic (exact) mass is 633 g/mol. The van der Waals surface area contributed by atoms with Gasteiger partial charge < -0.3 is 45.1 Å². The number of esters is 2. The molecular formula is C32H35N5O9. The summed E-state index contributed by atoms with van der Waals surface area (Å²) in [5, 5.41) is 10.6. The molecule has 0 radical (unpaired) electrons. The van der Waals surface area contributed by atoms with Gasteiger partial charge in [0.15, 0.2) is 6.29 Å². The molecule has 14 heteroatoms. The summed E-state index contributed by atoms with van der Waals surface area (Å²) in [6.45, 7) is 4.21. The SMILES string of the molecule is CCOC(CN1C(=O)C(NC(=O)Nc2ccc(C(=O)OC)cc2)(NC(=O)Nc2ccc(C(=O)OC)cc2)c2ccccc21)OCC. The molecule has 3 aromatic rings. The molecule has 0 saturated carbocycles. The number of benzene rings is 3. The number of rotatable bonds is 12. The summed E-state index contributed by atoms with van der Waals surface area (Å²) in [7, 11) is 2.51. The fourth-order valence-corrected chi connectivity index (χ4v) is 4.86. The van der Waals surface area contributed by atoms with Gasteiger partial charge in [0, 0.05) is 30.2 Å². The number of nitrogens with one attached hydrogen (secondary N) is 4. The quantitative estimate of drug-likeness (QED) is 0.171. The molecule has 0 aromatic heterocycles. The number of hydrogen-bond donors (Lipinski definition) is 4. The molecule has 4 N–H and O–H groups in total. The zero-order valence-electron chi connectivity index (χ0n) is 25.7. The van der Waals surface area contributed by atoms with E-state index >= 15 is 0 Å². The Bertz CT molecular complexity index is 1500. The van der Waals surface area contributed by atoms with Crippen molar-refractivity contribution in [3.8, 4) is 0 Å². The highest BCUT2D eigenvalue weighted by Gasteiger charge is 2.54. The minimum Gasteiger partial charge on any atom is -0.465 e. The molecule has 242 valence electrons. The molecule has 14 nitrogen and oxygen atoms in total. The van der Waals surface area contributed by atoms with E-state index < -0.39 is 41.9 Å². The zero-order chi connectivity index (χ0) is 33.3. The summed E-state index contributed by atoms with van der Waals surface area (Å²) in [6, 6.07) is 16.8. The molecule has 4 rings (SSSR count). The Hall–Kier alpha value is -5.47. The molecule has 0 unspecified atom stereocenters. The Balaban J connectivity index is 1.66. The van der Waals surface area contributed by atoms with Crippen LogP contribution in [0, 0.1) is 0 Å². The number of amides is 5. The first-order chi connectivity index (χ1) is 22.1. The molecule has 0 saturated heterocycles. The van der Waals surface area contributed by atoms with Crippen molar-refractivity contribution in [1.29, 1.82) is 0 Å². The third-order valence-corrected chi connectivity index (χ3v) is 6.93. The summed E-state index contributed by atoms with van der Waals surface area (Å²) in [5.41, 5.74) is -0.210. The minimum absolute atomic E-state index is 0.0319. The first-order valence-electron chi connectivity index (χ1n) is 14.4. The molecule has 0 aliphatic carbocycles. The molecule has 5 amide bonds. The maximum atomic E-state index is 14.3. The number of methoxy groups -OCH3 is 2. The van der Waals surface area contributed by atoms with Crippen LogP contribution in [0.3, 0.4) is 0 Å². The molecule has 46 heavy (non-hydrogen) atoms. The van der Waals surface area contributed by atoms with Crippen molar-refractivity contribution in [3.05, 3.63) is 89.5 Å². The molecule has 1 aliphatic heterocycles. The number of carbonyl (C=O) groups is 5. The predicted octanol–water partition coefficient (Wildman–Crippen LogP) is 3.80. The summed E-state index contributed by atoms with van der Waals surface area (Å²) in [6.07, 6.45) is -0.785. The lowest BCUT2D eigenvalue weighted by molar-refractivity contribution is -0.137. The van der Waals surface area contributed by atoms with E-state index in [0.717, 1.165) is 0 Å². The molecule has 3 aromatic carbocycles. The van der Waals surface area contributed by atoms with Gasteiger partial charge in [0.2, 0.25) is 5.66 Å². The molecule has 0 spiro atoms. The standard InChI is InChI=1S/C32H35N5O9/c1-5-45-26(46-6-2)19-37-25-10-8-7-9-24(25)32(29(37)40,35-30(41)33-22-15-11-20(12-16-22)27(38)43-3)36-31(42)34-23-17-13-21(14-18-23)28(39)44-4/h7-18,26H,5-6,19H2,1-4H3,(H2,33,35,41)(H2,34,36,42). The van der Waals surface area contributed by atoms with E-state index in [4.69, 9.17) is 18.9 Å². The van der Waals surface area contributed by atoms with Gasteiger partial charge >= 0.3 is 24.0 Å². The number of carbonyl (C=O) groups excluding carboxylic acids is 5. The summed E-state index contributed by atoms with van der Waals surface area (Å²) >= 11 is 0. The maximum absolute atomic E-state index is 14.3. The topological polar surface area (TPSA) is 174 Å². The third kappa shape index (κ3) is 7.42. The van der Waals surface area contributed by atoms with Gasteiger partial charge in [0.25, 0.3) is 5.91 Å². The van der Waals surface area contributed by atoms with Gasteiger partial charge in [-0.1, -0.05) is 18.2 Å². The first kappa shape index (κ1) is 33.4. The average molecular weight is 634 g/mol. The lowest BCUT2D eigenvalue weighted by Gasteiger charge is -2.31. The molecule has 0 bridgehead atoms. The van der Waals surface area contributed by atoms with E-state index in [0.29, 0.717) is 35.8 Å². The van der Waals surface area contributed by atoms with Crippen LogP contribution in [0.4, 0.5) is 26.7 Å². The van der Waals surface area contributed by atoms with Crippen molar-refractivity contribution in [2.75, 3.05) is 49.5 Å². The van der Waals surface area contributed by atoms with Crippen LogP contribution in [0.1, 0.15) is 40.1 Å². The Morgan fingerprint density at radius 3 is 1.61 bits per heavy atom. The van der Waals surface area contributed by atoms with Gasteiger partial charge in [-0.2, -0.15) is 0 Å². The summed E-state index contributed by atoms with van der Waals surface area (Å²) < 4.78 is 20.8. The minimum atomic E-state index is -2.08. The van der Waals surface area contributed by atoms with Crippen LogP contribution in [0.5, 0.6) is 0 Å². The highest BCUT2D eigenvalue weighted by Crippen LogP contribution is 2.39. The number of nitrogens with zero attached hydrogens (tertiary/aromatic N) is 1. The largest absolute Gasteiger partial charge is 0.465 e. The van der Waals surface area contributed by atoms with E-state index in [1.54, 1.807) is 38.1 Å². The van der Waals surface area contributed by atoms with Crippen molar-refractivity contribution in [3.63, 3.8) is 0 Å². The van der Waals surface area contributed by atoms with Gasteiger partial charge in [0.05, 0.1) is 37.6 Å². The van der Waals surface area contributed by atoms with E-state index in [9.17, 15) is 24.0 Å². The van der Waals surface area contributed by atoms with Crippen LogP contribution in [0.2, 0.25) is 0 Å². The number of ether oxygens (including phenoxy) is 4.